The van der Waals surface area contributed by atoms with E-state index in [-0.39, 0.29) is 37.5 Å². The normalized spacial score (nSPS) is 12.6. The van der Waals surface area contributed by atoms with E-state index in [0.29, 0.717) is 19.3 Å². The van der Waals surface area contributed by atoms with Crippen molar-refractivity contribution in [2.24, 2.45) is 0 Å². The molecule has 80 heavy (non-hydrogen) atoms. The van der Waals surface area contributed by atoms with Gasteiger partial charge >= 0.3 is 17.9 Å². The van der Waals surface area contributed by atoms with Gasteiger partial charge < -0.3 is 14.2 Å². The highest BCUT2D eigenvalue weighted by Gasteiger charge is 2.19. The van der Waals surface area contributed by atoms with Crippen LogP contribution in [0.4, 0.5) is 0 Å². The van der Waals surface area contributed by atoms with Crippen LogP contribution >= 0.6 is 0 Å². The summed E-state index contributed by atoms with van der Waals surface area (Å²) in [6.45, 7) is 6.51. The maximum atomic E-state index is 12.9. The highest BCUT2D eigenvalue weighted by molar-refractivity contribution is 5.71. The zero-order valence-corrected chi connectivity index (χ0v) is 53.1. The first-order chi connectivity index (χ1) is 39.5. The first kappa shape index (κ1) is 76.6. The van der Waals surface area contributed by atoms with Crippen molar-refractivity contribution in [3.05, 3.63) is 85.1 Å². The van der Waals surface area contributed by atoms with Crippen molar-refractivity contribution in [1.82, 2.24) is 0 Å². The first-order valence-electron chi connectivity index (χ1n) is 34.6. The summed E-state index contributed by atoms with van der Waals surface area (Å²) in [4.78, 5) is 38.3. The van der Waals surface area contributed by atoms with Crippen molar-refractivity contribution in [2.45, 2.75) is 354 Å². The van der Waals surface area contributed by atoms with Crippen LogP contribution in [0.25, 0.3) is 0 Å². The summed E-state index contributed by atoms with van der Waals surface area (Å²) in [5.74, 6) is -0.932. The van der Waals surface area contributed by atoms with Crippen LogP contribution in [0.3, 0.4) is 0 Å². The molecule has 0 aromatic heterocycles. The molecule has 0 heterocycles. The van der Waals surface area contributed by atoms with Crippen LogP contribution in [0, 0.1) is 0 Å². The average molecular weight is 1120 g/mol. The first-order valence-corrected chi connectivity index (χ1v) is 34.6. The summed E-state index contributed by atoms with van der Waals surface area (Å²) in [6.07, 6.45) is 90.5. The maximum absolute atomic E-state index is 12.9. The number of carbonyl (C=O) groups excluding carboxylic acids is 3. The van der Waals surface area contributed by atoms with E-state index in [4.69, 9.17) is 14.2 Å². The molecule has 6 heteroatoms. The van der Waals surface area contributed by atoms with Gasteiger partial charge in [-0.15, -0.1) is 0 Å². The summed E-state index contributed by atoms with van der Waals surface area (Å²) in [6, 6.07) is 0. The van der Waals surface area contributed by atoms with Crippen LogP contribution in [0.2, 0.25) is 0 Å². The molecule has 0 aliphatic carbocycles. The molecule has 0 saturated heterocycles. The summed E-state index contributed by atoms with van der Waals surface area (Å²) in [5, 5.41) is 0. The third kappa shape index (κ3) is 65.4. The Bertz CT molecular complexity index is 1520. The van der Waals surface area contributed by atoms with E-state index in [1.54, 1.807) is 0 Å². The number of unbranched alkanes of at least 4 members (excludes halogenated alkanes) is 38. The highest BCUT2D eigenvalue weighted by Crippen LogP contribution is 2.18. The lowest BCUT2D eigenvalue weighted by atomic mass is 10.0. The van der Waals surface area contributed by atoms with E-state index in [2.05, 4.69) is 106 Å². The fourth-order valence-corrected chi connectivity index (χ4v) is 9.97. The second-order valence-corrected chi connectivity index (χ2v) is 23.1. The largest absolute Gasteiger partial charge is 0.462 e. The number of rotatable bonds is 63. The molecule has 462 valence electrons. The third-order valence-corrected chi connectivity index (χ3v) is 15.1. The van der Waals surface area contributed by atoms with Gasteiger partial charge in [0.1, 0.15) is 13.2 Å². The predicted molar refractivity (Wildman–Crippen MR) is 348 cm³/mol. The standard InChI is InChI=1S/C74H130O6/c1-4-7-10-13-16-19-22-25-27-29-31-33-34-35-36-37-38-39-41-42-44-46-49-52-55-58-61-64-67-73(76)79-70-71(69-78-72(75)66-63-60-57-54-51-48-24-21-18-15-12-9-6-3)80-74(77)68-65-62-59-56-53-50-47-45-43-40-32-30-28-26-23-20-17-14-11-8-5-2/h8,11,17,20-21,24,26,28,32,40,45,47,53,56,71H,4-7,9-10,12-16,18-19,22-23,25,27,29-31,33-39,41-44,46,48-52,54-55,57-70H2,1-3H3/b11-8-,20-17-,24-21-,28-26-,40-32-,47-45-,56-53-. The minimum Gasteiger partial charge on any atom is -0.462 e. The van der Waals surface area contributed by atoms with E-state index in [1.165, 1.54) is 205 Å². The van der Waals surface area contributed by atoms with E-state index in [0.717, 1.165) is 96.3 Å². The topological polar surface area (TPSA) is 78.9 Å². The SMILES string of the molecule is CC/C=C\C/C=C\C/C=C\C/C=C\C/C=C\C/C=C\CCCCC(=O)OC(COC(=O)CCCCCCC/C=C\CCCCCC)COC(=O)CCCCCCCCCCCCCCCCCCCCCCCCCCCCCC. The number of hydrogen-bond acceptors (Lipinski definition) is 6. The number of ether oxygens (including phenoxy) is 3. The fourth-order valence-electron chi connectivity index (χ4n) is 9.97. The molecule has 0 aliphatic heterocycles. The molecule has 1 unspecified atom stereocenters. The molecule has 0 rings (SSSR count). The van der Waals surface area contributed by atoms with Crippen LogP contribution in [0.5, 0.6) is 0 Å². The van der Waals surface area contributed by atoms with Crippen LogP contribution < -0.4 is 0 Å². The lowest BCUT2D eigenvalue weighted by molar-refractivity contribution is -0.167. The molecule has 0 spiro atoms. The van der Waals surface area contributed by atoms with Gasteiger partial charge in [0.15, 0.2) is 6.10 Å². The van der Waals surface area contributed by atoms with Crippen molar-refractivity contribution in [2.75, 3.05) is 13.2 Å². The molecular weight excluding hydrogens is 985 g/mol. The Kier molecular flexibility index (Phi) is 65.2. The summed E-state index contributed by atoms with van der Waals surface area (Å²) in [7, 11) is 0. The van der Waals surface area contributed by atoms with Gasteiger partial charge in [-0.3, -0.25) is 14.4 Å². The lowest BCUT2D eigenvalue weighted by Crippen LogP contribution is -2.30. The van der Waals surface area contributed by atoms with E-state index in [1.807, 2.05) is 0 Å². The van der Waals surface area contributed by atoms with Gasteiger partial charge in [0, 0.05) is 19.3 Å². The van der Waals surface area contributed by atoms with Crippen LogP contribution in [-0.4, -0.2) is 37.2 Å². The Morgan fingerprint density at radius 1 is 0.263 bits per heavy atom. The molecule has 6 nitrogen and oxygen atoms in total. The summed E-state index contributed by atoms with van der Waals surface area (Å²) >= 11 is 0. The smallest absolute Gasteiger partial charge is 0.306 e. The number of carbonyl (C=O) groups is 3. The molecule has 0 radical (unpaired) electrons. The van der Waals surface area contributed by atoms with Crippen LogP contribution in [-0.2, 0) is 28.6 Å². The average Bonchev–Trinajstić information content (AvgIpc) is 3.46. The van der Waals surface area contributed by atoms with Gasteiger partial charge in [0.05, 0.1) is 0 Å². The van der Waals surface area contributed by atoms with Gasteiger partial charge in [-0.2, -0.15) is 0 Å². The van der Waals surface area contributed by atoms with Gasteiger partial charge in [0.25, 0.3) is 0 Å². The Morgan fingerprint density at radius 2 is 0.487 bits per heavy atom. The Hall–Kier alpha value is -3.41. The molecule has 0 amide bonds. The monoisotopic (exact) mass is 1110 g/mol. The van der Waals surface area contributed by atoms with Crippen molar-refractivity contribution in [3.63, 3.8) is 0 Å². The minimum absolute atomic E-state index is 0.0941. The number of allylic oxidation sites excluding steroid dienone is 14. The van der Waals surface area contributed by atoms with Crippen molar-refractivity contribution in [3.8, 4) is 0 Å². The van der Waals surface area contributed by atoms with Crippen LogP contribution in [0.1, 0.15) is 348 Å². The second kappa shape index (κ2) is 68.1. The summed E-state index contributed by atoms with van der Waals surface area (Å²) in [5.41, 5.74) is 0. The Balaban J connectivity index is 4.29. The van der Waals surface area contributed by atoms with Gasteiger partial charge in [-0.25, -0.2) is 0 Å². The lowest BCUT2D eigenvalue weighted by Gasteiger charge is -2.18. The zero-order valence-electron chi connectivity index (χ0n) is 53.1. The molecule has 0 aliphatic rings. The zero-order chi connectivity index (χ0) is 57.8. The number of esters is 3. The van der Waals surface area contributed by atoms with Crippen molar-refractivity contribution < 1.29 is 28.6 Å². The minimum atomic E-state index is -0.804. The molecule has 0 aromatic carbocycles. The van der Waals surface area contributed by atoms with Gasteiger partial charge in [-0.1, -0.05) is 318 Å². The molecular formula is C74H130O6. The van der Waals surface area contributed by atoms with Crippen molar-refractivity contribution >= 4 is 17.9 Å². The summed E-state index contributed by atoms with van der Waals surface area (Å²) < 4.78 is 16.9. The van der Waals surface area contributed by atoms with Gasteiger partial charge in [0.2, 0.25) is 0 Å². The second-order valence-electron chi connectivity index (χ2n) is 23.1. The van der Waals surface area contributed by atoms with E-state index in [9.17, 15) is 14.4 Å². The highest BCUT2D eigenvalue weighted by atomic mass is 16.6. The molecule has 0 N–H and O–H groups in total. The molecule has 0 aromatic rings. The molecule has 0 bridgehead atoms. The maximum Gasteiger partial charge on any atom is 0.306 e. The Morgan fingerprint density at radius 3 is 0.812 bits per heavy atom. The molecule has 0 fully saturated rings. The van der Waals surface area contributed by atoms with Crippen molar-refractivity contribution in [1.29, 1.82) is 0 Å². The van der Waals surface area contributed by atoms with E-state index < -0.39 is 6.10 Å². The molecule has 1 atom stereocenters. The van der Waals surface area contributed by atoms with E-state index >= 15 is 0 Å². The Labute approximate surface area is 496 Å². The number of hydrogen-bond donors (Lipinski definition) is 0. The third-order valence-electron chi connectivity index (χ3n) is 15.1. The molecule has 0 saturated carbocycles. The van der Waals surface area contributed by atoms with Gasteiger partial charge in [-0.05, 0) is 96.3 Å². The quantitative estimate of drug-likeness (QED) is 0.0261. The fraction of sp³-hybridized carbons (Fsp3) is 0.770. The predicted octanol–water partition coefficient (Wildman–Crippen LogP) is 23.8. The van der Waals surface area contributed by atoms with Crippen LogP contribution in [0.15, 0.2) is 85.1 Å².